The number of carboxylic acid groups (broad SMARTS) is 1. The number of amides is 1. The highest BCUT2D eigenvalue weighted by Crippen LogP contribution is 2.44. The Morgan fingerprint density at radius 3 is 1.51 bits per heavy atom. The average molecular weight is 570 g/mol. The van der Waals surface area contributed by atoms with Gasteiger partial charge in [0.05, 0.1) is 6.61 Å². The van der Waals surface area contributed by atoms with E-state index in [1.54, 1.807) is 0 Å². The Morgan fingerprint density at radius 1 is 0.651 bits per heavy atom. The Labute approximate surface area is 250 Å². The normalized spacial score (nSPS) is 13.0. The molecule has 0 spiro atoms. The molecule has 0 bridgehead atoms. The molecule has 1 aliphatic carbocycles. The standard InChI is InChI=1S/C37H31NO5/c39-35(40)34(38-36(41)42-24-33-31-22-12-10-20-29(31)30-21-11-13-23-32(30)33)25-43-37(26-14-4-1-5-15-26,27-16-6-2-7-17-27)28-18-8-3-9-19-28/h1-23,33-34H,24-25H2,(H,38,41)(H,39,40)/t34-/m1/s1. The minimum absolute atomic E-state index is 0.0784. The summed E-state index contributed by atoms with van der Waals surface area (Å²) in [5.74, 6) is -1.36. The van der Waals surface area contributed by atoms with Crippen LogP contribution in [-0.2, 0) is 19.9 Å². The van der Waals surface area contributed by atoms with E-state index in [4.69, 9.17) is 9.47 Å². The van der Waals surface area contributed by atoms with E-state index in [0.29, 0.717) is 0 Å². The van der Waals surface area contributed by atoms with Crippen LogP contribution in [-0.4, -0.2) is 36.4 Å². The molecule has 1 atom stereocenters. The van der Waals surface area contributed by atoms with Crippen LogP contribution >= 0.6 is 0 Å². The summed E-state index contributed by atoms with van der Waals surface area (Å²) in [5, 5.41) is 12.7. The van der Waals surface area contributed by atoms with Crippen molar-refractivity contribution in [3.8, 4) is 11.1 Å². The maximum absolute atomic E-state index is 13.0. The number of alkyl carbamates (subject to hydrolysis) is 1. The summed E-state index contributed by atoms with van der Waals surface area (Å²) in [4.78, 5) is 25.4. The fraction of sp³-hybridized carbons (Fsp3) is 0.135. The van der Waals surface area contributed by atoms with Crippen LogP contribution < -0.4 is 5.32 Å². The molecule has 0 radical (unpaired) electrons. The van der Waals surface area contributed by atoms with Gasteiger partial charge in [-0.05, 0) is 38.9 Å². The summed E-state index contributed by atoms with van der Waals surface area (Å²) in [6, 6.07) is 43.7. The van der Waals surface area contributed by atoms with Gasteiger partial charge in [-0.2, -0.15) is 0 Å². The van der Waals surface area contributed by atoms with Crippen LogP contribution in [0.1, 0.15) is 33.7 Å². The number of hydrogen-bond donors (Lipinski definition) is 2. The molecule has 1 aliphatic rings. The summed E-state index contributed by atoms with van der Waals surface area (Å²) < 4.78 is 12.3. The number of carbonyl (C=O) groups excluding carboxylic acids is 1. The fourth-order valence-corrected chi connectivity index (χ4v) is 5.93. The van der Waals surface area contributed by atoms with Crippen molar-refractivity contribution in [3.05, 3.63) is 167 Å². The molecule has 0 fully saturated rings. The van der Waals surface area contributed by atoms with Crippen LogP contribution in [0.2, 0.25) is 0 Å². The molecule has 0 heterocycles. The second-order valence-electron chi connectivity index (χ2n) is 10.5. The minimum Gasteiger partial charge on any atom is -0.480 e. The van der Waals surface area contributed by atoms with Gasteiger partial charge in [-0.25, -0.2) is 9.59 Å². The van der Waals surface area contributed by atoms with E-state index < -0.39 is 23.7 Å². The van der Waals surface area contributed by atoms with Crippen LogP contribution in [0.4, 0.5) is 4.79 Å². The van der Waals surface area contributed by atoms with Crippen LogP contribution in [0, 0.1) is 0 Å². The molecular formula is C37H31NO5. The summed E-state index contributed by atoms with van der Waals surface area (Å²) in [5.41, 5.74) is 5.75. The molecule has 0 aromatic heterocycles. The Hall–Kier alpha value is -5.20. The second kappa shape index (κ2) is 12.3. The predicted molar refractivity (Wildman–Crippen MR) is 165 cm³/mol. The average Bonchev–Trinajstić information content (AvgIpc) is 3.38. The third-order valence-corrected chi connectivity index (χ3v) is 7.94. The van der Waals surface area contributed by atoms with Gasteiger partial charge in [-0.15, -0.1) is 0 Å². The lowest BCUT2D eigenvalue weighted by molar-refractivity contribution is -0.142. The minimum atomic E-state index is -1.36. The molecule has 5 aromatic rings. The van der Waals surface area contributed by atoms with E-state index in [1.165, 1.54) is 0 Å². The highest BCUT2D eigenvalue weighted by atomic mass is 16.6. The Bertz CT molecular complexity index is 1560. The molecule has 2 N–H and O–H groups in total. The third-order valence-electron chi connectivity index (χ3n) is 7.94. The zero-order chi connectivity index (χ0) is 29.6. The molecule has 1 amide bonds. The molecule has 0 unspecified atom stereocenters. The van der Waals surface area contributed by atoms with Gasteiger partial charge in [0.1, 0.15) is 12.2 Å². The summed E-state index contributed by atoms with van der Waals surface area (Å²) in [7, 11) is 0. The maximum atomic E-state index is 13.0. The van der Waals surface area contributed by atoms with Gasteiger partial charge in [0.15, 0.2) is 6.04 Å². The van der Waals surface area contributed by atoms with E-state index in [9.17, 15) is 14.7 Å². The third kappa shape index (κ3) is 5.53. The lowest BCUT2D eigenvalue weighted by atomic mass is 9.80. The van der Waals surface area contributed by atoms with Crippen molar-refractivity contribution < 1.29 is 24.2 Å². The fourth-order valence-electron chi connectivity index (χ4n) is 5.93. The number of hydrogen-bond acceptors (Lipinski definition) is 4. The molecule has 0 saturated carbocycles. The van der Waals surface area contributed by atoms with E-state index in [0.717, 1.165) is 38.9 Å². The van der Waals surface area contributed by atoms with Crippen molar-refractivity contribution in [2.45, 2.75) is 17.6 Å². The highest BCUT2D eigenvalue weighted by molar-refractivity contribution is 5.81. The molecular weight excluding hydrogens is 538 g/mol. The molecule has 43 heavy (non-hydrogen) atoms. The number of aliphatic carboxylic acids is 1. The van der Waals surface area contributed by atoms with E-state index in [1.807, 2.05) is 127 Å². The van der Waals surface area contributed by atoms with Crippen LogP contribution in [0.15, 0.2) is 140 Å². The SMILES string of the molecule is O=C(N[C@H](COC(c1ccccc1)(c1ccccc1)c1ccccc1)C(=O)O)OCC1c2ccccc2-c2ccccc21. The molecule has 6 rings (SSSR count). The summed E-state index contributed by atoms with van der Waals surface area (Å²) in [6.45, 7) is -0.229. The van der Waals surface area contributed by atoms with Crippen LogP contribution in [0.3, 0.4) is 0 Å². The van der Waals surface area contributed by atoms with Gasteiger partial charge in [0.25, 0.3) is 0 Å². The van der Waals surface area contributed by atoms with Crippen LogP contribution in [0.25, 0.3) is 11.1 Å². The Balaban J connectivity index is 1.23. The summed E-state index contributed by atoms with van der Waals surface area (Å²) >= 11 is 0. The van der Waals surface area contributed by atoms with Crippen molar-refractivity contribution in [1.29, 1.82) is 0 Å². The van der Waals surface area contributed by atoms with Gasteiger partial charge in [-0.3, -0.25) is 0 Å². The molecule has 5 aromatic carbocycles. The number of nitrogens with one attached hydrogen (secondary N) is 1. The van der Waals surface area contributed by atoms with E-state index in [2.05, 4.69) is 17.4 Å². The summed E-state index contributed by atoms with van der Waals surface area (Å²) in [6.07, 6.45) is -0.817. The molecule has 0 saturated heterocycles. The van der Waals surface area contributed by atoms with E-state index >= 15 is 0 Å². The number of carboxylic acids is 1. The monoisotopic (exact) mass is 569 g/mol. The van der Waals surface area contributed by atoms with Gasteiger partial charge in [-0.1, -0.05) is 140 Å². The van der Waals surface area contributed by atoms with Gasteiger partial charge < -0.3 is 19.9 Å². The smallest absolute Gasteiger partial charge is 0.407 e. The largest absolute Gasteiger partial charge is 0.480 e. The Kier molecular flexibility index (Phi) is 8.03. The highest BCUT2D eigenvalue weighted by Gasteiger charge is 2.39. The van der Waals surface area contributed by atoms with E-state index in [-0.39, 0.29) is 19.1 Å². The predicted octanol–water partition coefficient (Wildman–Crippen LogP) is 6.99. The van der Waals surface area contributed by atoms with Crippen molar-refractivity contribution >= 4 is 12.1 Å². The van der Waals surface area contributed by atoms with Crippen molar-refractivity contribution in [2.75, 3.05) is 13.2 Å². The van der Waals surface area contributed by atoms with Gasteiger partial charge in [0, 0.05) is 5.92 Å². The quantitative estimate of drug-likeness (QED) is 0.177. The zero-order valence-electron chi connectivity index (χ0n) is 23.4. The Morgan fingerprint density at radius 2 is 1.07 bits per heavy atom. The first-order chi connectivity index (χ1) is 21.1. The first-order valence-electron chi connectivity index (χ1n) is 14.2. The molecule has 0 aliphatic heterocycles. The zero-order valence-corrected chi connectivity index (χ0v) is 23.4. The second-order valence-corrected chi connectivity index (χ2v) is 10.5. The lowest BCUT2D eigenvalue weighted by Crippen LogP contribution is -2.47. The van der Waals surface area contributed by atoms with Crippen molar-refractivity contribution in [1.82, 2.24) is 5.32 Å². The van der Waals surface area contributed by atoms with Crippen molar-refractivity contribution in [2.24, 2.45) is 0 Å². The van der Waals surface area contributed by atoms with Gasteiger partial charge in [0.2, 0.25) is 0 Å². The number of fused-ring (bicyclic) bond motifs is 3. The lowest BCUT2D eigenvalue weighted by Gasteiger charge is -2.36. The van der Waals surface area contributed by atoms with Crippen molar-refractivity contribution in [3.63, 3.8) is 0 Å². The number of rotatable bonds is 10. The molecule has 6 nitrogen and oxygen atoms in total. The first kappa shape index (κ1) is 27.9. The topological polar surface area (TPSA) is 84.9 Å². The van der Waals surface area contributed by atoms with Gasteiger partial charge >= 0.3 is 12.1 Å². The number of benzene rings is 5. The maximum Gasteiger partial charge on any atom is 0.407 e. The number of ether oxygens (including phenoxy) is 2. The molecule has 214 valence electrons. The number of carbonyl (C=O) groups is 2. The first-order valence-corrected chi connectivity index (χ1v) is 14.2. The van der Waals surface area contributed by atoms with Crippen LogP contribution in [0.5, 0.6) is 0 Å². The molecule has 6 heteroatoms.